The summed E-state index contributed by atoms with van der Waals surface area (Å²) in [4.78, 5) is 26.0. The van der Waals surface area contributed by atoms with Crippen LogP contribution in [0.5, 0.6) is 0 Å². The molecule has 0 aromatic carbocycles. The molecule has 1 aromatic heterocycles. The van der Waals surface area contributed by atoms with Crippen LogP contribution in [0.15, 0.2) is 5.38 Å². The van der Waals surface area contributed by atoms with E-state index in [0.717, 1.165) is 17.8 Å². The van der Waals surface area contributed by atoms with Crippen LogP contribution >= 0.6 is 11.3 Å². The first kappa shape index (κ1) is 13.6. The number of rotatable bonds is 5. The molecule has 6 heteroatoms. The Bertz CT molecular complexity index is 426. The number of amides is 1. The van der Waals surface area contributed by atoms with Crippen molar-refractivity contribution < 1.29 is 14.7 Å². The minimum atomic E-state index is -1.12. The van der Waals surface area contributed by atoms with Crippen molar-refractivity contribution in [2.45, 2.75) is 27.2 Å². The Hall–Kier alpha value is -1.43. The molecule has 0 fully saturated rings. The highest BCUT2D eigenvalue weighted by Crippen LogP contribution is 2.18. The van der Waals surface area contributed by atoms with Gasteiger partial charge in [-0.05, 0) is 11.8 Å². The fraction of sp³-hybridized carbons (Fsp3) is 0.545. The molecule has 0 atom stereocenters. The number of carboxylic acid groups (broad SMARTS) is 1. The third-order valence-corrected chi connectivity index (χ3v) is 3.44. The van der Waals surface area contributed by atoms with Gasteiger partial charge in [0, 0.05) is 11.9 Å². The van der Waals surface area contributed by atoms with Crippen LogP contribution < -0.4 is 5.32 Å². The van der Waals surface area contributed by atoms with Crippen molar-refractivity contribution in [3.05, 3.63) is 16.1 Å². The van der Waals surface area contributed by atoms with Gasteiger partial charge in [0.2, 0.25) is 0 Å². The molecule has 2 N–H and O–H groups in total. The molecule has 1 amide bonds. The quantitative estimate of drug-likeness (QED) is 0.844. The van der Waals surface area contributed by atoms with E-state index < -0.39 is 5.97 Å². The summed E-state index contributed by atoms with van der Waals surface area (Å²) in [6, 6.07) is 0. The summed E-state index contributed by atoms with van der Waals surface area (Å²) in [6.07, 6.45) is 0.950. The normalized spacial score (nSPS) is 11.2. The third-order valence-electron chi connectivity index (χ3n) is 2.60. The Balaban J connectivity index is 2.61. The van der Waals surface area contributed by atoms with Gasteiger partial charge >= 0.3 is 5.97 Å². The molecule has 0 radical (unpaired) electrons. The van der Waals surface area contributed by atoms with E-state index in [0.29, 0.717) is 6.54 Å². The number of hydrogen-bond acceptors (Lipinski definition) is 4. The van der Waals surface area contributed by atoms with Gasteiger partial charge in [-0.2, -0.15) is 0 Å². The number of nitrogens with one attached hydrogen (secondary N) is 1. The topological polar surface area (TPSA) is 79.3 Å². The van der Waals surface area contributed by atoms with Gasteiger partial charge in [-0.15, -0.1) is 11.3 Å². The summed E-state index contributed by atoms with van der Waals surface area (Å²) in [7, 11) is 0. The van der Waals surface area contributed by atoms with Gasteiger partial charge in [0.15, 0.2) is 10.7 Å². The summed E-state index contributed by atoms with van der Waals surface area (Å²) in [5, 5.41) is 13.0. The minimum absolute atomic E-state index is 0.0303. The van der Waals surface area contributed by atoms with Gasteiger partial charge < -0.3 is 10.4 Å². The fourth-order valence-electron chi connectivity index (χ4n) is 0.996. The molecule has 17 heavy (non-hydrogen) atoms. The van der Waals surface area contributed by atoms with Crippen LogP contribution in [0.25, 0.3) is 0 Å². The van der Waals surface area contributed by atoms with Crippen molar-refractivity contribution >= 4 is 23.2 Å². The van der Waals surface area contributed by atoms with E-state index in [2.05, 4.69) is 31.1 Å². The number of carbonyl (C=O) groups is 2. The maximum absolute atomic E-state index is 11.7. The predicted octanol–water partition coefficient (Wildman–Crippen LogP) is 2.01. The molecule has 0 aliphatic carbocycles. The maximum atomic E-state index is 11.7. The van der Waals surface area contributed by atoms with Crippen molar-refractivity contribution in [1.82, 2.24) is 10.3 Å². The Morgan fingerprint density at radius 3 is 2.65 bits per heavy atom. The summed E-state index contributed by atoms with van der Waals surface area (Å²) in [6.45, 7) is 6.71. The molecule has 0 spiro atoms. The largest absolute Gasteiger partial charge is 0.476 e. The van der Waals surface area contributed by atoms with Crippen LogP contribution in [0.2, 0.25) is 0 Å². The molecular formula is C11H16N2O3S. The van der Waals surface area contributed by atoms with Crippen molar-refractivity contribution in [2.24, 2.45) is 5.41 Å². The van der Waals surface area contributed by atoms with Crippen LogP contribution in [-0.4, -0.2) is 28.5 Å². The van der Waals surface area contributed by atoms with Crippen LogP contribution in [0, 0.1) is 5.41 Å². The Labute approximate surface area is 104 Å². The minimum Gasteiger partial charge on any atom is -0.476 e. The second kappa shape index (κ2) is 5.27. The molecule has 94 valence electrons. The van der Waals surface area contributed by atoms with Gasteiger partial charge in [-0.25, -0.2) is 9.78 Å². The zero-order valence-corrected chi connectivity index (χ0v) is 10.9. The maximum Gasteiger partial charge on any atom is 0.355 e. The molecule has 0 aliphatic heterocycles. The molecule has 0 saturated heterocycles. The monoisotopic (exact) mass is 256 g/mol. The number of carboxylic acids is 1. The lowest BCUT2D eigenvalue weighted by Crippen LogP contribution is -2.33. The van der Waals surface area contributed by atoms with Gasteiger partial charge in [0.25, 0.3) is 5.91 Å². The first-order valence-electron chi connectivity index (χ1n) is 5.33. The number of aromatic carboxylic acids is 1. The molecular weight excluding hydrogens is 240 g/mol. The lowest BCUT2D eigenvalue weighted by molar-refractivity contribution is 0.0691. The lowest BCUT2D eigenvalue weighted by Gasteiger charge is -2.22. The van der Waals surface area contributed by atoms with E-state index >= 15 is 0 Å². The van der Waals surface area contributed by atoms with E-state index in [4.69, 9.17) is 5.11 Å². The zero-order valence-electron chi connectivity index (χ0n) is 10.1. The van der Waals surface area contributed by atoms with E-state index in [9.17, 15) is 9.59 Å². The van der Waals surface area contributed by atoms with E-state index in [-0.39, 0.29) is 22.0 Å². The number of aromatic nitrogens is 1. The van der Waals surface area contributed by atoms with Crippen LogP contribution in [0.3, 0.4) is 0 Å². The van der Waals surface area contributed by atoms with Crippen LogP contribution in [0.1, 0.15) is 47.5 Å². The second-order valence-electron chi connectivity index (χ2n) is 4.54. The molecule has 5 nitrogen and oxygen atoms in total. The summed E-state index contributed by atoms with van der Waals surface area (Å²) >= 11 is 1.04. The Kier molecular flexibility index (Phi) is 4.22. The number of nitrogens with zero attached hydrogens (tertiary/aromatic N) is 1. The third kappa shape index (κ3) is 3.81. The Morgan fingerprint density at radius 2 is 2.18 bits per heavy atom. The van der Waals surface area contributed by atoms with Gasteiger partial charge in [-0.3, -0.25) is 4.79 Å². The van der Waals surface area contributed by atoms with Gasteiger partial charge in [0.05, 0.1) is 0 Å². The second-order valence-corrected chi connectivity index (χ2v) is 5.40. The molecule has 0 aliphatic rings. The Morgan fingerprint density at radius 1 is 1.53 bits per heavy atom. The smallest absolute Gasteiger partial charge is 0.355 e. The van der Waals surface area contributed by atoms with Crippen molar-refractivity contribution in [1.29, 1.82) is 0 Å². The number of carbonyl (C=O) groups excluding carboxylic acids is 1. The predicted molar refractivity (Wildman–Crippen MR) is 65.5 cm³/mol. The van der Waals surface area contributed by atoms with E-state index in [1.54, 1.807) is 0 Å². The van der Waals surface area contributed by atoms with Crippen molar-refractivity contribution in [3.8, 4) is 0 Å². The lowest BCUT2D eigenvalue weighted by atomic mass is 9.90. The highest BCUT2D eigenvalue weighted by Gasteiger charge is 2.19. The van der Waals surface area contributed by atoms with E-state index in [1.807, 2.05) is 0 Å². The number of hydrogen-bond donors (Lipinski definition) is 2. The SMILES string of the molecule is CCC(C)(C)CNC(=O)c1nc(C(=O)O)cs1. The standard InChI is InChI=1S/C11H16N2O3S/c1-4-11(2,3)6-12-8(14)9-13-7(5-17-9)10(15)16/h5H,4,6H2,1-3H3,(H,12,14)(H,15,16). The summed E-state index contributed by atoms with van der Waals surface area (Å²) in [5.74, 6) is -1.43. The highest BCUT2D eigenvalue weighted by atomic mass is 32.1. The van der Waals surface area contributed by atoms with Crippen molar-refractivity contribution in [3.63, 3.8) is 0 Å². The fourth-order valence-corrected chi connectivity index (χ4v) is 1.70. The van der Waals surface area contributed by atoms with Crippen LogP contribution in [0.4, 0.5) is 0 Å². The van der Waals surface area contributed by atoms with Gasteiger partial charge in [-0.1, -0.05) is 20.8 Å². The van der Waals surface area contributed by atoms with Crippen molar-refractivity contribution in [2.75, 3.05) is 6.54 Å². The molecule has 0 saturated carbocycles. The summed E-state index contributed by atoms with van der Waals surface area (Å²) in [5.41, 5.74) is -0.0577. The molecule has 0 bridgehead atoms. The van der Waals surface area contributed by atoms with Gasteiger partial charge in [0.1, 0.15) is 0 Å². The average molecular weight is 256 g/mol. The first-order chi connectivity index (χ1) is 7.85. The van der Waals surface area contributed by atoms with Crippen LogP contribution in [-0.2, 0) is 0 Å². The highest BCUT2D eigenvalue weighted by molar-refractivity contribution is 7.11. The average Bonchev–Trinajstić information content (AvgIpc) is 2.75. The summed E-state index contributed by atoms with van der Waals surface area (Å²) < 4.78 is 0. The first-order valence-corrected chi connectivity index (χ1v) is 6.20. The molecule has 1 rings (SSSR count). The molecule has 0 unspecified atom stereocenters. The number of thiazole rings is 1. The molecule has 1 heterocycles. The van der Waals surface area contributed by atoms with E-state index in [1.165, 1.54) is 5.38 Å². The molecule has 1 aromatic rings. The zero-order chi connectivity index (χ0) is 13.1.